The van der Waals surface area contributed by atoms with E-state index in [2.05, 4.69) is 4.90 Å². The van der Waals surface area contributed by atoms with Crippen LogP contribution < -0.4 is 4.74 Å². The number of carboxylic acids is 1. The molecule has 1 aromatic carbocycles. The number of aryl methyl sites for hydroxylation is 1. The van der Waals surface area contributed by atoms with Crippen LogP contribution in [0.1, 0.15) is 24.8 Å². The van der Waals surface area contributed by atoms with Crippen LogP contribution in [0.25, 0.3) is 0 Å². The number of hydrogen-bond acceptors (Lipinski definition) is 4. The zero-order valence-corrected chi connectivity index (χ0v) is 14.0. The summed E-state index contributed by atoms with van der Waals surface area (Å²) >= 11 is 0. The lowest BCUT2D eigenvalue weighted by Crippen LogP contribution is -2.54. The topological polar surface area (TPSA) is 59.0 Å². The molecule has 3 rings (SSSR count). The van der Waals surface area contributed by atoms with Gasteiger partial charge in [-0.25, -0.2) is 9.18 Å². The van der Waals surface area contributed by atoms with Crippen LogP contribution in [0.5, 0.6) is 5.75 Å². The van der Waals surface area contributed by atoms with E-state index < -0.39 is 17.4 Å². The number of halogens is 1. The molecule has 2 saturated heterocycles. The van der Waals surface area contributed by atoms with Crippen LogP contribution in [0.15, 0.2) is 18.2 Å². The van der Waals surface area contributed by atoms with Crippen molar-refractivity contribution in [1.82, 2.24) is 4.90 Å². The Labute approximate surface area is 141 Å². The van der Waals surface area contributed by atoms with Gasteiger partial charge in [0, 0.05) is 39.1 Å². The number of likely N-dealkylation sites (tertiary alicyclic amines) is 1. The average Bonchev–Trinajstić information content (AvgIpc) is 3.06. The summed E-state index contributed by atoms with van der Waals surface area (Å²) in [5.74, 6) is -0.994. The Bertz CT molecular complexity index is 593. The Morgan fingerprint density at radius 2 is 2.21 bits per heavy atom. The van der Waals surface area contributed by atoms with Crippen LogP contribution in [0.2, 0.25) is 0 Å². The number of rotatable bonds is 5. The summed E-state index contributed by atoms with van der Waals surface area (Å²) in [5.41, 5.74) is -0.511. The van der Waals surface area contributed by atoms with Crippen LogP contribution in [0.3, 0.4) is 0 Å². The summed E-state index contributed by atoms with van der Waals surface area (Å²) < 4.78 is 25.1. The fourth-order valence-corrected chi connectivity index (χ4v) is 3.45. The van der Waals surface area contributed by atoms with E-state index in [-0.39, 0.29) is 5.75 Å². The first-order chi connectivity index (χ1) is 11.5. The number of carbonyl (C=O) groups is 1. The highest BCUT2D eigenvalue weighted by molar-refractivity contribution is 5.78. The lowest BCUT2D eigenvalue weighted by atomic mass is 9.90. The van der Waals surface area contributed by atoms with E-state index in [1.165, 1.54) is 6.07 Å². The second-order valence-corrected chi connectivity index (χ2v) is 6.87. The number of benzene rings is 1. The molecule has 2 fully saturated rings. The van der Waals surface area contributed by atoms with Crippen molar-refractivity contribution in [2.45, 2.75) is 31.8 Å². The van der Waals surface area contributed by atoms with Crippen LogP contribution >= 0.6 is 0 Å². The zero-order chi connectivity index (χ0) is 17.2. The van der Waals surface area contributed by atoms with Gasteiger partial charge in [-0.3, -0.25) is 0 Å². The Morgan fingerprint density at radius 1 is 1.46 bits per heavy atom. The lowest BCUT2D eigenvalue weighted by Gasteiger charge is -2.39. The van der Waals surface area contributed by atoms with Crippen molar-refractivity contribution >= 4 is 5.97 Å². The molecule has 2 aliphatic rings. The van der Waals surface area contributed by atoms with Gasteiger partial charge in [-0.15, -0.1) is 0 Å². The summed E-state index contributed by atoms with van der Waals surface area (Å²) in [7, 11) is 0. The van der Waals surface area contributed by atoms with E-state index >= 15 is 0 Å². The number of aliphatic carboxylic acids is 1. The minimum absolute atomic E-state index is 0.0232. The smallest absolute Gasteiger partial charge is 0.348 e. The molecule has 0 unspecified atom stereocenters. The molecule has 2 aliphatic heterocycles. The highest BCUT2D eigenvalue weighted by atomic mass is 19.1. The fourth-order valence-electron chi connectivity index (χ4n) is 3.45. The van der Waals surface area contributed by atoms with Crippen molar-refractivity contribution in [2.75, 3.05) is 32.8 Å². The van der Waals surface area contributed by atoms with Crippen LogP contribution in [0.4, 0.5) is 4.39 Å². The molecule has 0 bridgehead atoms. The van der Waals surface area contributed by atoms with E-state index in [0.29, 0.717) is 31.8 Å². The fraction of sp³-hybridized carbons (Fsp3) is 0.611. The molecule has 0 spiro atoms. The summed E-state index contributed by atoms with van der Waals surface area (Å²) in [6.45, 7) is 5.62. The number of hydrogen-bond donors (Lipinski definition) is 1. The Hall–Kier alpha value is -1.66. The third-order valence-electron chi connectivity index (χ3n) is 4.99. The van der Waals surface area contributed by atoms with Crippen LogP contribution in [-0.2, 0) is 9.53 Å². The van der Waals surface area contributed by atoms with Gasteiger partial charge >= 0.3 is 5.97 Å². The van der Waals surface area contributed by atoms with Crippen molar-refractivity contribution < 1.29 is 23.8 Å². The third kappa shape index (κ3) is 3.70. The number of ether oxygens (including phenoxy) is 2. The minimum Gasteiger partial charge on any atom is -0.478 e. The van der Waals surface area contributed by atoms with Gasteiger partial charge < -0.3 is 19.5 Å². The summed E-state index contributed by atoms with van der Waals surface area (Å²) in [4.78, 5) is 14.1. The van der Waals surface area contributed by atoms with Gasteiger partial charge in [-0.2, -0.15) is 0 Å². The van der Waals surface area contributed by atoms with Crippen molar-refractivity contribution in [1.29, 1.82) is 0 Å². The Balaban J connectivity index is 1.67. The molecule has 0 amide bonds. The maximum atomic E-state index is 14.0. The first kappa shape index (κ1) is 17.2. The highest BCUT2D eigenvalue weighted by Crippen LogP contribution is 2.32. The monoisotopic (exact) mass is 337 g/mol. The molecule has 132 valence electrons. The molecule has 6 heteroatoms. The Kier molecular flexibility index (Phi) is 5.06. The van der Waals surface area contributed by atoms with Crippen LogP contribution in [-0.4, -0.2) is 54.4 Å². The summed E-state index contributed by atoms with van der Waals surface area (Å²) in [6.07, 6.45) is 1.76. The number of nitrogens with zero attached hydrogens (tertiary/aromatic N) is 1. The second kappa shape index (κ2) is 7.07. The predicted octanol–water partition coefficient (Wildman–Crippen LogP) is 2.47. The van der Waals surface area contributed by atoms with Crippen molar-refractivity contribution in [3.05, 3.63) is 29.6 Å². The largest absolute Gasteiger partial charge is 0.478 e. The average molecular weight is 337 g/mol. The summed E-state index contributed by atoms with van der Waals surface area (Å²) in [5, 5.41) is 9.69. The van der Waals surface area contributed by atoms with E-state index in [4.69, 9.17) is 9.47 Å². The van der Waals surface area contributed by atoms with Gasteiger partial charge in [0.05, 0.1) is 6.61 Å². The molecule has 0 radical (unpaired) electrons. The maximum Gasteiger partial charge on any atom is 0.348 e. The summed E-state index contributed by atoms with van der Waals surface area (Å²) in [6, 6.07) is 4.51. The van der Waals surface area contributed by atoms with Crippen molar-refractivity contribution in [2.24, 2.45) is 5.92 Å². The minimum atomic E-state index is -1.35. The molecule has 24 heavy (non-hydrogen) atoms. The van der Waals surface area contributed by atoms with E-state index in [1.807, 2.05) is 6.92 Å². The van der Waals surface area contributed by atoms with Crippen LogP contribution in [0, 0.1) is 18.7 Å². The molecule has 1 aromatic rings. The van der Waals surface area contributed by atoms with Crippen molar-refractivity contribution in [3.63, 3.8) is 0 Å². The van der Waals surface area contributed by atoms with Gasteiger partial charge in [0.25, 0.3) is 0 Å². The Morgan fingerprint density at radius 3 is 2.83 bits per heavy atom. The molecule has 1 N–H and O–H groups in total. The van der Waals surface area contributed by atoms with Gasteiger partial charge in [-0.05, 0) is 37.0 Å². The number of carboxylic acid groups (broad SMARTS) is 1. The van der Waals surface area contributed by atoms with E-state index in [0.717, 1.165) is 31.7 Å². The molecular weight excluding hydrogens is 313 g/mol. The molecular formula is C18H24FNO4. The predicted molar refractivity (Wildman–Crippen MR) is 86.7 cm³/mol. The standard InChI is InChI=1S/C18H24FNO4/c1-13-2-3-15(19)16(10-13)24-18(17(21)22)5-7-20(8-6-18)11-14-4-9-23-12-14/h2-3,10,14H,4-9,11-12H2,1H3,(H,21,22)/t14-/m1/s1. The van der Waals surface area contributed by atoms with Gasteiger partial charge in [0.1, 0.15) is 0 Å². The van der Waals surface area contributed by atoms with Gasteiger partial charge in [0.15, 0.2) is 11.6 Å². The molecule has 0 aliphatic carbocycles. The SMILES string of the molecule is Cc1ccc(F)c(OC2(C(=O)O)CCN(C[C@H]3CCOC3)CC2)c1. The van der Waals surface area contributed by atoms with E-state index in [1.54, 1.807) is 12.1 Å². The van der Waals surface area contributed by atoms with Crippen molar-refractivity contribution in [3.8, 4) is 5.75 Å². The molecule has 1 atom stereocenters. The molecule has 5 nitrogen and oxygen atoms in total. The van der Waals surface area contributed by atoms with Gasteiger partial charge in [0.2, 0.25) is 5.60 Å². The second-order valence-electron chi connectivity index (χ2n) is 6.87. The lowest BCUT2D eigenvalue weighted by molar-refractivity contribution is -0.160. The van der Waals surface area contributed by atoms with Gasteiger partial charge in [-0.1, -0.05) is 6.07 Å². The van der Waals surface area contributed by atoms with E-state index in [9.17, 15) is 14.3 Å². The normalized spacial score (nSPS) is 24.0. The zero-order valence-electron chi connectivity index (χ0n) is 14.0. The maximum absolute atomic E-state index is 14.0. The highest BCUT2D eigenvalue weighted by Gasteiger charge is 2.44. The first-order valence-electron chi connectivity index (χ1n) is 8.47. The molecule has 0 saturated carbocycles. The first-order valence-corrected chi connectivity index (χ1v) is 8.47. The molecule has 0 aromatic heterocycles. The molecule has 2 heterocycles. The third-order valence-corrected chi connectivity index (χ3v) is 4.99. The number of piperidine rings is 1. The quantitative estimate of drug-likeness (QED) is 0.894.